The van der Waals surface area contributed by atoms with E-state index in [-0.39, 0.29) is 12.2 Å². The fourth-order valence-electron chi connectivity index (χ4n) is 1.32. The van der Waals surface area contributed by atoms with Crippen LogP contribution in [-0.2, 0) is 0 Å². The molecular weight excluding hydrogens is 185 g/mol. The topological polar surface area (TPSA) is 59.4 Å². The molecule has 1 aromatic carbocycles. The van der Waals surface area contributed by atoms with Gasteiger partial charge in [-0.2, -0.15) is 0 Å². The minimum atomic E-state index is -0.596. The molecule has 0 amide bonds. The van der Waals surface area contributed by atoms with Gasteiger partial charge in [-0.15, -0.1) is 0 Å². The average Bonchev–Trinajstić information content (AvgIpc) is 2.62. The maximum Gasteiger partial charge on any atom is 0.169 e. The van der Waals surface area contributed by atoms with Gasteiger partial charge in [0, 0.05) is 5.39 Å². The van der Waals surface area contributed by atoms with E-state index in [1.165, 1.54) is 6.07 Å². The number of nitrogens with two attached hydrogens (primary N) is 1. The molecule has 3 N–H and O–H groups in total. The summed E-state index contributed by atoms with van der Waals surface area (Å²) in [6.45, 7) is -0.221. The molecule has 0 bridgehead atoms. The van der Waals surface area contributed by atoms with Crippen LogP contribution in [0.4, 0.5) is 4.39 Å². The molecule has 1 heterocycles. The van der Waals surface area contributed by atoms with Crippen molar-refractivity contribution in [3.8, 4) is 0 Å². The summed E-state index contributed by atoms with van der Waals surface area (Å²) in [6.07, 6.45) is 0. The summed E-state index contributed by atoms with van der Waals surface area (Å²) in [6, 6.07) is 5.69. The van der Waals surface area contributed by atoms with Crippen LogP contribution in [0.5, 0.6) is 0 Å². The second-order valence-corrected chi connectivity index (χ2v) is 3.10. The molecule has 0 fully saturated rings. The third-order valence-electron chi connectivity index (χ3n) is 2.08. The lowest BCUT2D eigenvalue weighted by Gasteiger charge is -2.01. The summed E-state index contributed by atoms with van der Waals surface area (Å²) in [4.78, 5) is 0. The van der Waals surface area contributed by atoms with Gasteiger partial charge in [-0.05, 0) is 12.1 Å². The number of halogens is 1. The first-order chi connectivity index (χ1) is 6.72. The van der Waals surface area contributed by atoms with Gasteiger partial charge >= 0.3 is 0 Å². The number of furan rings is 1. The zero-order valence-electron chi connectivity index (χ0n) is 7.40. The molecule has 0 spiro atoms. The Morgan fingerprint density at radius 1 is 1.50 bits per heavy atom. The third-order valence-corrected chi connectivity index (χ3v) is 2.08. The fourth-order valence-corrected chi connectivity index (χ4v) is 1.32. The summed E-state index contributed by atoms with van der Waals surface area (Å²) < 4.78 is 18.4. The van der Waals surface area contributed by atoms with E-state index in [0.29, 0.717) is 11.1 Å². The van der Waals surface area contributed by atoms with Crippen LogP contribution in [0.25, 0.3) is 11.0 Å². The second-order valence-electron chi connectivity index (χ2n) is 3.10. The van der Waals surface area contributed by atoms with Gasteiger partial charge in [-0.3, -0.25) is 0 Å². The highest BCUT2D eigenvalue weighted by atomic mass is 19.1. The van der Waals surface area contributed by atoms with Crippen LogP contribution in [-0.4, -0.2) is 11.7 Å². The monoisotopic (exact) mass is 195 g/mol. The molecular formula is C10H10FNO2. The summed E-state index contributed by atoms with van der Waals surface area (Å²) >= 11 is 0. The van der Waals surface area contributed by atoms with Crippen LogP contribution in [0.1, 0.15) is 11.8 Å². The predicted molar refractivity (Wildman–Crippen MR) is 50.2 cm³/mol. The molecule has 0 aliphatic carbocycles. The Hall–Kier alpha value is -1.39. The Morgan fingerprint density at radius 2 is 2.29 bits per heavy atom. The van der Waals surface area contributed by atoms with Crippen LogP contribution < -0.4 is 5.73 Å². The SMILES string of the molecule is NC(CO)c1cc2cccc(F)c2o1. The summed E-state index contributed by atoms with van der Waals surface area (Å²) in [5.41, 5.74) is 5.73. The molecule has 1 unspecified atom stereocenters. The number of hydrogen-bond acceptors (Lipinski definition) is 3. The smallest absolute Gasteiger partial charge is 0.169 e. The maximum atomic E-state index is 13.2. The molecule has 0 saturated carbocycles. The second kappa shape index (κ2) is 3.40. The average molecular weight is 195 g/mol. The molecule has 4 heteroatoms. The number of benzene rings is 1. The fraction of sp³-hybridized carbons (Fsp3) is 0.200. The largest absolute Gasteiger partial charge is 0.456 e. The van der Waals surface area contributed by atoms with E-state index in [1.807, 2.05) is 0 Å². The van der Waals surface area contributed by atoms with Crippen molar-refractivity contribution in [2.45, 2.75) is 6.04 Å². The van der Waals surface area contributed by atoms with Crippen molar-refractivity contribution < 1.29 is 13.9 Å². The Balaban J connectivity index is 2.56. The van der Waals surface area contributed by atoms with Crippen LogP contribution in [0.3, 0.4) is 0 Å². The van der Waals surface area contributed by atoms with E-state index in [4.69, 9.17) is 15.3 Å². The Labute approximate surface area is 79.9 Å². The van der Waals surface area contributed by atoms with Gasteiger partial charge in [0.25, 0.3) is 0 Å². The predicted octanol–water partition coefficient (Wildman–Crippen LogP) is 1.56. The first-order valence-corrected chi connectivity index (χ1v) is 4.27. The van der Waals surface area contributed by atoms with E-state index >= 15 is 0 Å². The van der Waals surface area contributed by atoms with Crippen LogP contribution in [0.2, 0.25) is 0 Å². The molecule has 0 radical (unpaired) electrons. The van der Waals surface area contributed by atoms with Crippen molar-refractivity contribution in [2.75, 3.05) is 6.61 Å². The quantitative estimate of drug-likeness (QED) is 0.764. The number of aliphatic hydroxyl groups is 1. The van der Waals surface area contributed by atoms with Gasteiger partial charge in [0.2, 0.25) is 0 Å². The summed E-state index contributed by atoms with van der Waals surface area (Å²) in [5, 5.41) is 9.46. The molecule has 0 saturated heterocycles. The lowest BCUT2D eigenvalue weighted by atomic mass is 10.2. The molecule has 2 rings (SSSR count). The van der Waals surface area contributed by atoms with E-state index in [2.05, 4.69) is 0 Å². The highest BCUT2D eigenvalue weighted by Crippen LogP contribution is 2.24. The van der Waals surface area contributed by atoms with Crippen LogP contribution >= 0.6 is 0 Å². The number of para-hydroxylation sites is 1. The molecule has 2 aromatic rings. The van der Waals surface area contributed by atoms with Gasteiger partial charge in [-0.1, -0.05) is 12.1 Å². The number of hydrogen-bond donors (Lipinski definition) is 2. The lowest BCUT2D eigenvalue weighted by molar-refractivity contribution is 0.253. The standard InChI is InChI=1S/C10H10FNO2/c11-7-3-1-2-6-4-9(8(12)5-13)14-10(6)7/h1-4,8,13H,5,12H2. The minimum Gasteiger partial charge on any atom is -0.456 e. The first kappa shape index (κ1) is 9.18. The number of aliphatic hydroxyl groups excluding tert-OH is 1. The van der Waals surface area contributed by atoms with Crippen molar-refractivity contribution >= 4 is 11.0 Å². The zero-order valence-corrected chi connectivity index (χ0v) is 7.40. The summed E-state index contributed by atoms with van der Waals surface area (Å²) in [5.74, 6) is -0.0218. The lowest BCUT2D eigenvalue weighted by Crippen LogP contribution is -2.13. The van der Waals surface area contributed by atoms with Crippen LogP contribution in [0.15, 0.2) is 28.7 Å². The first-order valence-electron chi connectivity index (χ1n) is 4.27. The molecule has 1 atom stereocenters. The van der Waals surface area contributed by atoms with Gasteiger partial charge in [0.1, 0.15) is 5.76 Å². The highest BCUT2D eigenvalue weighted by molar-refractivity contribution is 5.78. The Bertz CT molecular complexity index is 452. The normalized spacial score (nSPS) is 13.4. The third kappa shape index (κ3) is 1.38. The molecule has 1 aromatic heterocycles. The van der Waals surface area contributed by atoms with E-state index < -0.39 is 11.9 Å². The minimum absolute atomic E-state index is 0.186. The summed E-state index contributed by atoms with van der Waals surface area (Å²) in [7, 11) is 0. The molecule has 0 aliphatic rings. The Kier molecular flexibility index (Phi) is 2.23. The molecule has 14 heavy (non-hydrogen) atoms. The van der Waals surface area contributed by atoms with Gasteiger partial charge in [-0.25, -0.2) is 4.39 Å². The van der Waals surface area contributed by atoms with Gasteiger partial charge < -0.3 is 15.3 Å². The number of fused-ring (bicyclic) bond motifs is 1. The van der Waals surface area contributed by atoms with Crippen molar-refractivity contribution in [1.29, 1.82) is 0 Å². The van der Waals surface area contributed by atoms with E-state index in [0.717, 1.165) is 0 Å². The van der Waals surface area contributed by atoms with Crippen molar-refractivity contribution in [2.24, 2.45) is 5.73 Å². The van der Waals surface area contributed by atoms with Crippen LogP contribution in [0, 0.1) is 5.82 Å². The Morgan fingerprint density at radius 3 is 2.93 bits per heavy atom. The maximum absolute atomic E-state index is 13.2. The zero-order chi connectivity index (χ0) is 10.1. The number of rotatable bonds is 2. The van der Waals surface area contributed by atoms with E-state index in [1.54, 1.807) is 18.2 Å². The molecule has 0 aliphatic heterocycles. The van der Waals surface area contributed by atoms with E-state index in [9.17, 15) is 4.39 Å². The highest BCUT2D eigenvalue weighted by Gasteiger charge is 2.12. The molecule has 3 nitrogen and oxygen atoms in total. The molecule has 74 valence electrons. The van der Waals surface area contributed by atoms with Gasteiger partial charge in [0.05, 0.1) is 12.6 Å². The van der Waals surface area contributed by atoms with Crippen molar-refractivity contribution in [1.82, 2.24) is 0 Å². The van der Waals surface area contributed by atoms with Gasteiger partial charge in [0.15, 0.2) is 11.4 Å². The van der Waals surface area contributed by atoms with Crippen molar-refractivity contribution in [3.63, 3.8) is 0 Å². The van der Waals surface area contributed by atoms with Crippen molar-refractivity contribution in [3.05, 3.63) is 35.8 Å².